The van der Waals surface area contributed by atoms with Crippen LogP contribution in [0.1, 0.15) is 52.6 Å². The summed E-state index contributed by atoms with van der Waals surface area (Å²) < 4.78 is 42.4. The molecule has 2 N–H and O–H groups in total. The van der Waals surface area contributed by atoms with Crippen molar-refractivity contribution in [3.8, 4) is 5.88 Å². The highest BCUT2D eigenvalue weighted by Gasteiger charge is 2.32. The first-order valence-electron chi connectivity index (χ1n) is 9.04. The van der Waals surface area contributed by atoms with Crippen molar-refractivity contribution in [3.05, 3.63) is 36.3 Å². The fourth-order valence-corrected chi connectivity index (χ4v) is 1.93. The Labute approximate surface area is 170 Å². The Hall–Kier alpha value is -2.07. The number of nitrogens with zero attached hydrogens (tertiary/aromatic N) is 3. The predicted molar refractivity (Wildman–Crippen MR) is 104 cm³/mol. The monoisotopic (exact) mass is 413 g/mol. The van der Waals surface area contributed by atoms with Crippen LogP contribution in [0, 0.1) is 0 Å². The highest BCUT2D eigenvalue weighted by molar-refractivity contribution is 6.31. The molecule has 0 aliphatic carbocycles. The van der Waals surface area contributed by atoms with Gasteiger partial charge in [0.1, 0.15) is 7.85 Å². The second-order valence-electron chi connectivity index (χ2n) is 7.63. The van der Waals surface area contributed by atoms with E-state index in [0.717, 1.165) is 12.0 Å². The molecule has 2 aromatic rings. The summed E-state index contributed by atoms with van der Waals surface area (Å²) >= 11 is 0. The van der Waals surface area contributed by atoms with Gasteiger partial charge in [-0.1, -0.05) is 12.4 Å². The number of alkyl halides is 3. The van der Waals surface area contributed by atoms with Gasteiger partial charge in [-0.05, 0) is 45.7 Å². The molecule has 2 rings (SSSR count). The van der Waals surface area contributed by atoms with Gasteiger partial charge in [0.05, 0.1) is 17.2 Å². The second-order valence-corrected chi connectivity index (χ2v) is 7.63. The van der Waals surface area contributed by atoms with E-state index in [4.69, 9.17) is 18.1 Å². The molecule has 0 spiro atoms. The lowest BCUT2D eigenvalue weighted by Crippen LogP contribution is -2.44. The van der Waals surface area contributed by atoms with Crippen molar-refractivity contribution in [1.82, 2.24) is 14.8 Å². The maximum absolute atomic E-state index is 12.1. The van der Waals surface area contributed by atoms with Gasteiger partial charge in [0, 0.05) is 24.7 Å². The molecule has 2 radical (unpaired) electrons. The van der Waals surface area contributed by atoms with Gasteiger partial charge in [-0.25, -0.2) is 4.98 Å². The van der Waals surface area contributed by atoms with E-state index in [2.05, 4.69) is 14.8 Å². The minimum absolute atomic E-state index is 0.0640. The van der Waals surface area contributed by atoms with Crippen molar-refractivity contribution in [1.29, 1.82) is 0 Å². The largest absolute Gasteiger partial charge is 0.468 e. The van der Waals surface area contributed by atoms with Gasteiger partial charge in [-0.3, -0.25) is 4.68 Å². The Kier molecular flexibility index (Phi) is 8.29. The highest BCUT2D eigenvalue weighted by atomic mass is 19.4. The van der Waals surface area contributed by atoms with E-state index in [1.807, 2.05) is 6.92 Å². The maximum atomic E-state index is 12.1. The summed E-state index contributed by atoms with van der Waals surface area (Å²) in [5, 5.41) is 22.3. The smallest absolute Gasteiger partial charge is 0.422 e. The summed E-state index contributed by atoms with van der Waals surface area (Å²) in [7, 11) is 5.63. The van der Waals surface area contributed by atoms with E-state index in [-0.39, 0.29) is 11.9 Å². The molecule has 0 fully saturated rings. The van der Waals surface area contributed by atoms with Crippen molar-refractivity contribution < 1.29 is 28.1 Å². The maximum Gasteiger partial charge on any atom is 0.422 e. The average Bonchev–Trinajstić information content (AvgIpc) is 2.99. The van der Waals surface area contributed by atoms with E-state index < -0.39 is 24.0 Å². The van der Waals surface area contributed by atoms with Gasteiger partial charge in [-0.15, -0.1) is 0 Å². The summed E-state index contributed by atoms with van der Waals surface area (Å²) in [6, 6.07) is 3.01. The summed E-state index contributed by atoms with van der Waals surface area (Å²) in [5.41, 5.74) is -0.647. The highest BCUT2D eigenvalue weighted by Crippen LogP contribution is 2.22. The third kappa shape index (κ3) is 8.45. The molecule has 0 amide bonds. The summed E-state index contributed by atoms with van der Waals surface area (Å²) in [6.07, 6.45) is 1.08. The molecular formula is C19H27BF3N3O3. The zero-order valence-electron chi connectivity index (χ0n) is 17.2. The normalized spacial score (nSPS) is 13.4. The lowest BCUT2D eigenvalue weighted by Gasteiger charge is -2.31. The second kappa shape index (κ2) is 9.62. The topological polar surface area (TPSA) is 80.4 Å². The number of ether oxygens (including phenoxy) is 1. The lowest BCUT2D eigenvalue weighted by molar-refractivity contribution is -0.154. The molecule has 0 bridgehead atoms. The molecule has 1 unspecified atom stereocenters. The Balaban J connectivity index is 0.000000447. The molecule has 0 saturated heterocycles. The third-order valence-electron chi connectivity index (χ3n) is 4.35. The van der Waals surface area contributed by atoms with Crippen molar-refractivity contribution in [2.24, 2.45) is 0 Å². The van der Waals surface area contributed by atoms with Crippen LogP contribution in [0.4, 0.5) is 13.2 Å². The molecule has 0 saturated carbocycles. The molecule has 10 heteroatoms. The number of aliphatic hydroxyl groups is 2. The molecule has 0 aliphatic heterocycles. The first-order valence-corrected chi connectivity index (χ1v) is 9.04. The number of hydrogen-bond acceptors (Lipinski definition) is 5. The quantitative estimate of drug-likeness (QED) is 0.712. The lowest BCUT2D eigenvalue weighted by atomic mass is 9.90. The molecule has 0 aromatic carbocycles. The van der Waals surface area contributed by atoms with Crippen molar-refractivity contribution in [3.63, 3.8) is 0 Å². The van der Waals surface area contributed by atoms with Gasteiger partial charge in [-0.2, -0.15) is 18.3 Å². The van der Waals surface area contributed by atoms with Crippen molar-refractivity contribution >= 4 is 13.3 Å². The fourth-order valence-electron chi connectivity index (χ4n) is 1.93. The van der Waals surface area contributed by atoms with E-state index >= 15 is 0 Å². The van der Waals surface area contributed by atoms with Crippen molar-refractivity contribution in [2.45, 2.75) is 64.5 Å². The van der Waals surface area contributed by atoms with Gasteiger partial charge < -0.3 is 14.9 Å². The number of pyridine rings is 1. The molecule has 160 valence electrons. The Bertz CT molecular complexity index is 739. The number of halogens is 3. The number of aromatic nitrogens is 3. The first kappa shape index (κ1) is 25.0. The summed E-state index contributed by atoms with van der Waals surface area (Å²) in [4.78, 5) is 3.89. The standard InChI is InChI=1S/C13H13BF3N3O.C6H14O2/c1-2-11(20-7-10(14)6-19-20)9-3-4-12(18-5-9)21-8-13(15,16)17;1-5(2,7)6(3,4)8/h3-7,11H,2,8H2,1H3;7-8H,1-4H3. The molecule has 1 atom stereocenters. The number of rotatable bonds is 6. The average molecular weight is 413 g/mol. The summed E-state index contributed by atoms with van der Waals surface area (Å²) in [6.45, 7) is 6.92. The van der Waals surface area contributed by atoms with Crippen LogP contribution in [0.2, 0.25) is 0 Å². The summed E-state index contributed by atoms with van der Waals surface area (Å²) in [5.74, 6) is -0.0640. The Morgan fingerprint density at radius 2 is 1.69 bits per heavy atom. The van der Waals surface area contributed by atoms with Gasteiger partial charge in [0.2, 0.25) is 5.88 Å². The van der Waals surface area contributed by atoms with E-state index in [1.54, 1.807) is 44.6 Å². The molecule has 2 aromatic heterocycles. The van der Waals surface area contributed by atoms with E-state index in [1.165, 1.54) is 18.5 Å². The molecular weight excluding hydrogens is 386 g/mol. The van der Waals surface area contributed by atoms with Crippen LogP contribution in [-0.4, -0.2) is 56.8 Å². The molecule has 6 nitrogen and oxygen atoms in total. The minimum Gasteiger partial charge on any atom is -0.468 e. The van der Waals surface area contributed by atoms with Gasteiger partial charge in [0.15, 0.2) is 6.61 Å². The van der Waals surface area contributed by atoms with E-state index in [9.17, 15) is 13.2 Å². The molecule has 2 heterocycles. The minimum atomic E-state index is -4.38. The zero-order chi connectivity index (χ0) is 22.5. The Morgan fingerprint density at radius 3 is 2.03 bits per heavy atom. The molecule has 0 aliphatic rings. The van der Waals surface area contributed by atoms with Gasteiger partial charge in [0.25, 0.3) is 0 Å². The van der Waals surface area contributed by atoms with E-state index in [0.29, 0.717) is 5.46 Å². The fraction of sp³-hybridized carbons (Fsp3) is 0.579. The van der Waals surface area contributed by atoms with Crippen LogP contribution in [0.5, 0.6) is 5.88 Å². The van der Waals surface area contributed by atoms with Crippen LogP contribution < -0.4 is 10.2 Å². The first-order chi connectivity index (χ1) is 13.1. The predicted octanol–water partition coefficient (Wildman–Crippen LogP) is 2.54. The van der Waals surface area contributed by atoms with Crippen LogP contribution in [0.25, 0.3) is 0 Å². The van der Waals surface area contributed by atoms with Gasteiger partial charge >= 0.3 is 6.18 Å². The zero-order valence-corrected chi connectivity index (χ0v) is 17.2. The molecule has 29 heavy (non-hydrogen) atoms. The SMILES string of the molecule is CC(C)(O)C(C)(C)O.[B]c1cnn(C(CC)c2ccc(OCC(F)(F)F)nc2)c1. The number of hydrogen-bond donors (Lipinski definition) is 2. The third-order valence-corrected chi connectivity index (χ3v) is 4.35. The van der Waals surface area contributed by atoms with Crippen LogP contribution in [0.15, 0.2) is 30.7 Å². The Morgan fingerprint density at radius 1 is 1.10 bits per heavy atom. The van der Waals surface area contributed by atoms with Crippen LogP contribution >= 0.6 is 0 Å². The van der Waals surface area contributed by atoms with Crippen molar-refractivity contribution in [2.75, 3.05) is 6.61 Å². The van der Waals surface area contributed by atoms with Crippen LogP contribution in [0.3, 0.4) is 0 Å². The van der Waals surface area contributed by atoms with Crippen LogP contribution in [-0.2, 0) is 0 Å².